The lowest BCUT2D eigenvalue weighted by Crippen LogP contribution is -2.12. The van der Waals surface area contributed by atoms with Crippen LogP contribution in [-0.2, 0) is 5.41 Å². The van der Waals surface area contributed by atoms with E-state index >= 15 is 0 Å². The fraction of sp³-hybridized carbons (Fsp3) is 0.261. The van der Waals surface area contributed by atoms with E-state index in [1.807, 2.05) is 19.9 Å². The number of rotatable bonds is 2. The topological polar surface area (TPSA) is 71.8 Å². The Morgan fingerprint density at radius 1 is 1.10 bits per heavy atom. The van der Waals surface area contributed by atoms with Gasteiger partial charge < -0.3 is 9.40 Å². The van der Waals surface area contributed by atoms with Crippen molar-refractivity contribution in [1.82, 2.24) is 15.0 Å². The van der Waals surface area contributed by atoms with Crippen molar-refractivity contribution in [2.24, 2.45) is 0 Å². The molecule has 1 N–H and O–H groups in total. The number of aromatic amines is 1. The van der Waals surface area contributed by atoms with Gasteiger partial charge in [-0.3, -0.25) is 9.78 Å². The van der Waals surface area contributed by atoms with Gasteiger partial charge in [-0.05, 0) is 42.5 Å². The molecule has 0 saturated heterocycles. The third kappa shape index (κ3) is 3.36. The second-order valence-corrected chi connectivity index (χ2v) is 8.70. The standard InChI is InChI=1S/C23H22ClN3O2/c1-12-8-15(23(3,4)5)16(24)9-14(12)18-10-19(28)20-17(27-18)6-7-25-21(20)22-13(2)26-11-29-22/h6-11H,1-5H3,(H,27,28). The summed E-state index contributed by atoms with van der Waals surface area (Å²) < 4.78 is 5.46. The lowest BCUT2D eigenvalue weighted by molar-refractivity contribution is 0.570. The molecule has 3 aromatic heterocycles. The highest BCUT2D eigenvalue weighted by atomic mass is 35.5. The van der Waals surface area contributed by atoms with E-state index in [2.05, 4.69) is 41.8 Å². The Morgan fingerprint density at radius 3 is 2.52 bits per heavy atom. The van der Waals surface area contributed by atoms with Crippen LogP contribution in [-0.4, -0.2) is 15.0 Å². The Kier molecular flexibility index (Phi) is 4.58. The van der Waals surface area contributed by atoms with Crippen LogP contribution in [0.25, 0.3) is 33.6 Å². The number of aromatic nitrogens is 3. The van der Waals surface area contributed by atoms with Gasteiger partial charge in [-0.1, -0.05) is 38.4 Å². The van der Waals surface area contributed by atoms with E-state index in [1.54, 1.807) is 18.3 Å². The lowest BCUT2D eigenvalue weighted by atomic mass is 9.85. The highest BCUT2D eigenvalue weighted by Crippen LogP contribution is 2.35. The summed E-state index contributed by atoms with van der Waals surface area (Å²) in [6.45, 7) is 10.2. The Balaban J connectivity index is 1.93. The maximum absolute atomic E-state index is 13.1. The number of halogens is 1. The van der Waals surface area contributed by atoms with Crippen molar-refractivity contribution in [3.63, 3.8) is 0 Å². The number of benzene rings is 1. The first-order chi connectivity index (χ1) is 13.7. The van der Waals surface area contributed by atoms with E-state index in [0.717, 1.165) is 16.7 Å². The first kappa shape index (κ1) is 19.4. The maximum atomic E-state index is 13.1. The SMILES string of the molecule is Cc1cc(C(C)(C)C)c(Cl)cc1-c1cc(=O)c2c(-c3ocnc3C)nccc2[nH]1. The summed E-state index contributed by atoms with van der Waals surface area (Å²) in [5, 5.41) is 1.16. The second kappa shape index (κ2) is 6.85. The van der Waals surface area contributed by atoms with E-state index in [4.69, 9.17) is 16.0 Å². The fourth-order valence-corrected chi connectivity index (χ4v) is 4.04. The molecule has 0 aliphatic carbocycles. The first-order valence-electron chi connectivity index (χ1n) is 9.40. The van der Waals surface area contributed by atoms with Crippen molar-refractivity contribution < 1.29 is 4.42 Å². The number of fused-ring (bicyclic) bond motifs is 1. The summed E-state index contributed by atoms with van der Waals surface area (Å²) in [5.74, 6) is 0.502. The zero-order valence-electron chi connectivity index (χ0n) is 17.1. The number of hydrogen-bond donors (Lipinski definition) is 1. The average molecular weight is 408 g/mol. The zero-order chi connectivity index (χ0) is 20.9. The largest absolute Gasteiger partial charge is 0.442 e. The number of nitrogens with one attached hydrogen (secondary N) is 1. The van der Waals surface area contributed by atoms with Gasteiger partial charge in [0.25, 0.3) is 0 Å². The summed E-state index contributed by atoms with van der Waals surface area (Å²) >= 11 is 6.58. The summed E-state index contributed by atoms with van der Waals surface area (Å²) in [6, 6.07) is 7.40. The fourth-order valence-electron chi connectivity index (χ4n) is 3.59. The van der Waals surface area contributed by atoms with Gasteiger partial charge in [-0.2, -0.15) is 0 Å². The number of H-pyrrole nitrogens is 1. The zero-order valence-corrected chi connectivity index (χ0v) is 17.8. The molecular weight excluding hydrogens is 386 g/mol. The molecule has 1 aromatic carbocycles. The molecule has 29 heavy (non-hydrogen) atoms. The number of oxazole rings is 1. The summed E-state index contributed by atoms with van der Waals surface area (Å²) in [7, 11) is 0. The molecule has 3 heterocycles. The van der Waals surface area contributed by atoms with E-state index in [-0.39, 0.29) is 10.8 Å². The van der Waals surface area contributed by atoms with Crippen molar-refractivity contribution in [3.8, 4) is 22.7 Å². The Bertz CT molecular complexity index is 1300. The smallest absolute Gasteiger partial charge is 0.192 e. The summed E-state index contributed by atoms with van der Waals surface area (Å²) in [4.78, 5) is 24.9. The van der Waals surface area contributed by atoms with E-state index in [0.29, 0.717) is 38.8 Å². The predicted molar refractivity (Wildman–Crippen MR) is 116 cm³/mol. The molecule has 5 nitrogen and oxygen atoms in total. The Hall–Kier alpha value is -2.92. The van der Waals surface area contributed by atoms with Crippen LogP contribution < -0.4 is 5.43 Å². The molecule has 0 unspecified atom stereocenters. The third-order valence-corrected chi connectivity index (χ3v) is 5.43. The van der Waals surface area contributed by atoms with Crippen LogP contribution in [0.2, 0.25) is 5.02 Å². The van der Waals surface area contributed by atoms with Crippen LogP contribution in [0, 0.1) is 13.8 Å². The molecule has 0 atom stereocenters. The molecule has 0 radical (unpaired) electrons. The summed E-state index contributed by atoms with van der Waals surface area (Å²) in [5.41, 5.74) is 5.41. The quantitative estimate of drug-likeness (QED) is 0.455. The minimum atomic E-state index is -0.136. The van der Waals surface area contributed by atoms with Crippen LogP contribution in [0.15, 0.2) is 46.1 Å². The highest BCUT2D eigenvalue weighted by Gasteiger charge is 2.20. The molecule has 6 heteroatoms. The van der Waals surface area contributed by atoms with Gasteiger partial charge in [0.1, 0.15) is 5.69 Å². The van der Waals surface area contributed by atoms with Crippen LogP contribution >= 0.6 is 11.6 Å². The van der Waals surface area contributed by atoms with Gasteiger partial charge >= 0.3 is 0 Å². The Labute approximate surface area is 173 Å². The minimum Gasteiger partial charge on any atom is -0.442 e. The van der Waals surface area contributed by atoms with Gasteiger partial charge in [0.05, 0.1) is 22.3 Å². The van der Waals surface area contributed by atoms with Crippen molar-refractivity contribution in [1.29, 1.82) is 0 Å². The van der Waals surface area contributed by atoms with Gasteiger partial charge in [-0.25, -0.2) is 4.98 Å². The van der Waals surface area contributed by atoms with Crippen molar-refractivity contribution in [3.05, 3.63) is 68.9 Å². The molecule has 0 amide bonds. The third-order valence-electron chi connectivity index (χ3n) is 5.11. The van der Waals surface area contributed by atoms with E-state index in [1.165, 1.54) is 6.39 Å². The predicted octanol–water partition coefficient (Wildman–Crippen LogP) is 5.81. The number of hydrogen-bond acceptors (Lipinski definition) is 4. The lowest BCUT2D eigenvalue weighted by Gasteiger charge is -2.22. The van der Waals surface area contributed by atoms with Crippen LogP contribution in [0.1, 0.15) is 37.6 Å². The van der Waals surface area contributed by atoms with Crippen LogP contribution in [0.4, 0.5) is 0 Å². The molecule has 4 aromatic rings. The van der Waals surface area contributed by atoms with Gasteiger partial charge in [0, 0.05) is 22.8 Å². The Morgan fingerprint density at radius 2 is 1.86 bits per heavy atom. The normalized spacial score (nSPS) is 11.9. The summed E-state index contributed by atoms with van der Waals surface area (Å²) in [6.07, 6.45) is 3.01. The number of pyridine rings is 2. The first-order valence-corrected chi connectivity index (χ1v) is 9.78. The van der Waals surface area contributed by atoms with Gasteiger partial charge in [0.15, 0.2) is 17.6 Å². The molecule has 0 fully saturated rings. The molecular formula is C23H22ClN3O2. The number of aryl methyl sites for hydroxylation is 2. The maximum Gasteiger partial charge on any atom is 0.192 e. The number of nitrogens with zero attached hydrogens (tertiary/aromatic N) is 2. The minimum absolute atomic E-state index is 0.0628. The molecule has 0 bridgehead atoms. The average Bonchev–Trinajstić information content (AvgIpc) is 3.07. The molecule has 148 valence electrons. The van der Waals surface area contributed by atoms with Crippen molar-refractivity contribution in [2.45, 2.75) is 40.0 Å². The highest BCUT2D eigenvalue weighted by molar-refractivity contribution is 6.31. The molecule has 0 spiro atoms. The van der Waals surface area contributed by atoms with Gasteiger partial charge in [0.2, 0.25) is 0 Å². The van der Waals surface area contributed by atoms with Crippen LogP contribution in [0.3, 0.4) is 0 Å². The van der Waals surface area contributed by atoms with Gasteiger partial charge in [-0.15, -0.1) is 0 Å². The van der Waals surface area contributed by atoms with E-state index < -0.39 is 0 Å². The molecule has 0 saturated carbocycles. The van der Waals surface area contributed by atoms with E-state index in [9.17, 15) is 4.79 Å². The van der Waals surface area contributed by atoms with Crippen molar-refractivity contribution in [2.75, 3.05) is 0 Å². The second-order valence-electron chi connectivity index (χ2n) is 8.29. The molecule has 4 rings (SSSR count). The molecule has 0 aliphatic heterocycles. The monoisotopic (exact) mass is 407 g/mol. The molecule has 0 aliphatic rings. The van der Waals surface area contributed by atoms with Crippen molar-refractivity contribution >= 4 is 22.5 Å². The van der Waals surface area contributed by atoms with Crippen LogP contribution in [0.5, 0.6) is 0 Å².